The summed E-state index contributed by atoms with van der Waals surface area (Å²) in [4.78, 5) is 109. The van der Waals surface area contributed by atoms with Crippen LogP contribution in [0.2, 0.25) is 15.1 Å². The van der Waals surface area contributed by atoms with Crippen molar-refractivity contribution in [2.75, 3.05) is 73.9 Å². The summed E-state index contributed by atoms with van der Waals surface area (Å²) >= 11 is 20.5. The first-order valence-corrected chi connectivity index (χ1v) is 41.2. The monoisotopic (exact) mass is 1850 g/mol. The second kappa shape index (κ2) is 46.6. The predicted octanol–water partition coefficient (Wildman–Crippen LogP) is 15.6. The third kappa shape index (κ3) is 25.3. The van der Waals surface area contributed by atoms with Crippen molar-refractivity contribution in [2.24, 2.45) is 0 Å². The first-order valence-electron chi connectivity index (χ1n) is 38.9. The number of pyridine rings is 3. The number of ether oxygens (including phenoxy) is 7. The number of carbonyl (C=O) groups excluding carboxylic acids is 5. The van der Waals surface area contributed by atoms with Crippen LogP contribution in [0.3, 0.4) is 0 Å². The Kier molecular flexibility index (Phi) is 35.5. The molecule has 0 aliphatic heterocycles. The van der Waals surface area contributed by atoms with E-state index in [1.807, 2.05) is 13.7 Å². The number of hydrogen-bond donors (Lipinski definition) is 2. The maximum atomic E-state index is 15.4. The molecule has 0 saturated heterocycles. The van der Waals surface area contributed by atoms with E-state index in [0.29, 0.717) is 178 Å². The van der Waals surface area contributed by atoms with Gasteiger partial charge in [0.25, 0.3) is 0 Å². The summed E-state index contributed by atoms with van der Waals surface area (Å²) in [6, 6.07) is 64.4. The number of carboxylic acid groups (broad SMARTS) is 1. The number of aromatic amines is 1. The van der Waals surface area contributed by atoms with E-state index >= 15 is 8.78 Å². The molecular formula is C95H81BrCl3F3LiN9O16. The molecule has 0 atom stereocenters. The van der Waals surface area contributed by atoms with Crippen molar-refractivity contribution < 1.29 is 105 Å². The third-order valence-corrected chi connectivity index (χ3v) is 21.0. The van der Waals surface area contributed by atoms with E-state index in [2.05, 4.69) is 40.8 Å². The Bertz CT molecular complexity index is 6540. The Hall–Kier alpha value is -12.8. The fraction of sp³-hybridized carbons (Fsp3) is 0.179. The number of aromatic carboxylic acids is 1. The number of carbonyl (C=O) groups is 6. The largest absolute Gasteiger partial charge is 1.00 e. The quantitative estimate of drug-likeness (QED) is 0.0176. The minimum absolute atomic E-state index is 0. The van der Waals surface area contributed by atoms with Crippen molar-refractivity contribution >= 4 is 119 Å². The van der Waals surface area contributed by atoms with Crippen molar-refractivity contribution in [2.45, 2.75) is 38.9 Å². The number of fused-ring (bicyclic) bond motifs is 3. The van der Waals surface area contributed by atoms with Crippen molar-refractivity contribution in [3.63, 3.8) is 0 Å². The van der Waals surface area contributed by atoms with E-state index in [9.17, 15) is 43.1 Å². The van der Waals surface area contributed by atoms with Crippen LogP contribution in [0.15, 0.2) is 241 Å². The second-order valence-electron chi connectivity index (χ2n) is 28.0. The van der Waals surface area contributed by atoms with Crippen LogP contribution in [0.25, 0.3) is 66.9 Å². The number of esters is 2. The minimum atomic E-state index is -1.04. The average Bonchev–Trinajstić information content (AvgIpc) is 1.64. The van der Waals surface area contributed by atoms with Gasteiger partial charge in [0, 0.05) is 133 Å². The maximum absolute atomic E-state index is 15.4. The first-order chi connectivity index (χ1) is 60.9. The number of Topliss-reactive ketones (excluding diaryl/α,β-unsaturated/α-hetero) is 3. The molecule has 0 aliphatic carbocycles. The van der Waals surface area contributed by atoms with Crippen molar-refractivity contribution in [1.82, 2.24) is 43.6 Å². The molecule has 25 nitrogen and oxygen atoms in total. The molecule has 0 spiro atoms. The van der Waals surface area contributed by atoms with Crippen LogP contribution in [0, 0.1) is 17.5 Å². The van der Waals surface area contributed by atoms with Crippen LogP contribution >= 0.6 is 50.7 Å². The summed E-state index contributed by atoms with van der Waals surface area (Å²) in [6.07, 6.45) is 0.668. The Labute approximate surface area is 767 Å². The number of ketones is 3. The Morgan fingerprint density at radius 3 is 1.09 bits per heavy atom. The Balaban J connectivity index is 0.000000188. The maximum Gasteiger partial charge on any atom is 1.00 e. The zero-order valence-corrected chi connectivity index (χ0v) is 73.7. The van der Waals surface area contributed by atoms with Gasteiger partial charge < -0.3 is 62.4 Å². The number of methoxy groups -OCH3 is 5. The third-order valence-electron chi connectivity index (χ3n) is 19.8. The summed E-state index contributed by atoms with van der Waals surface area (Å²) in [5.41, 5.74) is 11.0. The van der Waals surface area contributed by atoms with E-state index in [4.69, 9.17) is 72.9 Å². The molecule has 15 aromatic rings. The van der Waals surface area contributed by atoms with Gasteiger partial charge in [-0.3, -0.25) is 19.2 Å². The van der Waals surface area contributed by atoms with Crippen LogP contribution in [0.5, 0.6) is 11.8 Å². The van der Waals surface area contributed by atoms with Crippen LogP contribution < -0.4 is 33.9 Å². The summed E-state index contributed by atoms with van der Waals surface area (Å²) in [5, 5.41) is 11.5. The molecule has 15 rings (SSSR count). The summed E-state index contributed by atoms with van der Waals surface area (Å²) in [7, 11) is 7.44. The molecule has 0 fully saturated rings. The van der Waals surface area contributed by atoms with Gasteiger partial charge in [0.1, 0.15) is 34.9 Å². The number of carboxylic acids is 1. The number of aromatic nitrogens is 9. The molecule has 33 heteroatoms. The molecule has 0 saturated carbocycles. The number of benzene rings is 9. The van der Waals surface area contributed by atoms with Gasteiger partial charge in [0.2, 0.25) is 17.3 Å². The van der Waals surface area contributed by atoms with Gasteiger partial charge in [-0.05, 0) is 180 Å². The second-order valence-corrected chi connectivity index (χ2v) is 29.9. The number of nitrogens with one attached hydrogen (secondary N) is 1. The molecule has 0 bridgehead atoms. The SMILES string of the molecule is COCCn1c(Cc2ccc(-c3cccc(=O)[nH]3)cc2F)nc2ccc(C(=O)OC)cc21.COCCn1c(Cc2ccc(-c3cccc(OCC(=O)c4ccc(Cl)cc4)n3)cc2F)nc2ccc(C(=O)O)cc21.COCCn1c(Cc2ccc(-c3cccc(OCC(=O)c4ccc(Cl)cc4)n3)cc2F)nc2ccc(C(=O)OC)cc21.O=C(CBr)c1ccc(Cl)cc1.[Li+].[OH-]. The first kappa shape index (κ1) is 97.4. The molecule has 0 amide bonds. The summed E-state index contributed by atoms with van der Waals surface area (Å²) in [5.74, 6) is -1.18. The molecule has 0 aliphatic rings. The van der Waals surface area contributed by atoms with E-state index < -0.39 is 35.4 Å². The zero-order valence-electron chi connectivity index (χ0n) is 69.8. The Morgan fingerprint density at radius 2 is 0.742 bits per heavy atom. The molecule has 6 aromatic heterocycles. The van der Waals surface area contributed by atoms with Crippen LogP contribution in [0.4, 0.5) is 13.2 Å². The van der Waals surface area contributed by atoms with E-state index in [-0.39, 0.29) is 97.0 Å². The van der Waals surface area contributed by atoms with Gasteiger partial charge in [-0.25, -0.2) is 52.5 Å². The average molecular weight is 1850 g/mol. The molecule has 3 N–H and O–H groups in total. The smallest absolute Gasteiger partial charge is 0.870 e. The van der Waals surface area contributed by atoms with Crippen LogP contribution in [-0.2, 0) is 62.6 Å². The summed E-state index contributed by atoms with van der Waals surface area (Å²) in [6.45, 7) is 2.23. The van der Waals surface area contributed by atoms with Gasteiger partial charge in [0.05, 0.1) is 101 Å². The molecule has 6 heterocycles. The van der Waals surface area contributed by atoms with Gasteiger partial charge in [-0.1, -0.05) is 105 Å². The molecular weight excluding hydrogens is 1770 g/mol. The molecule has 652 valence electrons. The van der Waals surface area contributed by atoms with E-state index in [1.165, 1.54) is 44.6 Å². The normalized spacial score (nSPS) is 10.8. The number of nitrogens with zero attached hydrogens (tertiary/aromatic N) is 8. The van der Waals surface area contributed by atoms with Gasteiger partial charge >= 0.3 is 36.8 Å². The van der Waals surface area contributed by atoms with Crippen molar-refractivity contribution in [1.29, 1.82) is 0 Å². The Morgan fingerprint density at radius 1 is 0.406 bits per heavy atom. The topological polar surface area (TPSA) is 329 Å². The number of H-pyrrole nitrogens is 1. The molecule has 0 radical (unpaired) electrons. The molecule has 128 heavy (non-hydrogen) atoms. The van der Waals surface area contributed by atoms with Gasteiger partial charge in [0.15, 0.2) is 30.6 Å². The van der Waals surface area contributed by atoms with Crippen molar-refractivity contribution in [3.05, 3.63) is 347 Å². The molecule has 0 unspecified atom stereocenters. The number of halogens is 7. The number of imidazole rings is 3. The predicted molar refractivity (Wildman–Crippen MR) is 479 cm³/mol. The number of alkyl halides is 1. The minimum Gasteiger partial charge on any atom is -0.870 e. The number of rotatable bonds is 31. The van der Waals surface area contributed by atoms with E-state index in [1.54, 1.807) is 228 Å². The zero-order chi connectivity index (χ0) is 89.5. The fourth-order valence-corrected chi connectivity index (χ4v) is 14.0. The fourth-order valence-electron chi connectivity index (χ4n) is 13.3. The van der Waals surface area contributed by atoms with E-state index in [0.717, 1.165) is 11.0 Å². The number of hydrogen-bond acceptors (Lipinski definition) is 20. The van der Waals surface area contributed by atoms with Gasteiger partial charge in [-0.15, -0.1) is 0 Å². The standard InChI is InChI=1S/C32H27ClFN3O5.C31H25ClFN3O5.C24H22FN3O4.C8H6BrClO.Li.H2O/c1-40-15-14-37-28-17-23(32(39)41-2)10-13-27(28)35-30(37)18-21-6-7-22(16-25(21)34)26-4-3-5-31(36-26)42-19-29(38)20-8-11-24(33)12-9-20;1-40-14-13-36-27-16-22(31(38)39)9-12-26(27)34-29(36)17-20-5-6-21(15-24(20)33)25-3-2-4-30(35-25)41-18-28(37)19-7-10-23(32)11-8-19;1-31-11-10-28-21-13-17(24(30)32-2)8-9-20(21)26-22(28)14-15-6-7-16(12-18(15)25)19-4-3-5-23(29)27-19;9-5-8(11)6-1-3-7(10)4-2-6;;/h3-13,16-17H,14-15,18-19H2,1-2H3;2-12,15-16H,13-14,17-18H2,1H3,(H,38,39);3-9,12-13H,10-11,14H2,1-2H3,(H,27,29);1-4H,5H2;;1H2/q;;;;+1;/p-1. The van der Waals surface area contributed by atoms with Crippen LogP contribution in [-0.4, -0.2) is 163 Å². The summed E-state index contributed by atoms with van der Waals surface area (Å²) < 4.78 is 88.0. The molecule has 9 aromatic carbocycles. The van der Waals surface area contributed by atoms with Gasteiger partial charge in [-0.2, -0.15) is 0 Å². The van der Waals surface area contributed by atoms with Crippen LogP contribution in [0.1, 0.15) is 96.3 Å². The van der Waals surface area contributed by atoms with Crippen molar-refractivity contribution in [3.8, 4) is 45.5 Å².